The molecule has 0 saturated heterocycles. The van der Waals surface area contributed by atoms with Crippen molar-refractivity contribution >= 4 is 44.7 Å². The molecule has 0 saturated carbocycles. The monoisotopic (exact) mass is 397 g/mol. The average Bonchev–Trinajstić information content (AvgIpc) is 3.08. The van der Waals surface area contributed by atoms with E-state index in [1.54, 1.807) is 48.2 Å². The molecule has 0 spiro atoms. The fourth-order valence-electron chi connectivity index (χ4n) is 2.52. The highest BCUT2D eigenvalue weighted by Gasteiger charge is 2.31. The maximum Gasteiger partial charge on any atom is 0.285 e. The SMILES string of the molecule is CN(Cc1ccc(Cl)s1)C(=O)CN(C)C1=NS(=O)(=O)c2ccccc21. The van der Waals surface area contributed by atoms with Gasteiger partial charge in [0.25, 0.3) is 10.0 Å². The molecule has 0 atom stereocenters. The molecule has 6 nitrogen and oxygen atoms in total. The number of hydrogen-bond donors (Lipinski definition) is 0. The largest absolute Gasteiger partial charge is 0.349 e. The van der Waals surface area contributed by atoms with Crippen LogP contribution in [-0.4, -0.2) is 50.6 Å². The zero-order chi connectivity index (χ0) is 18.2. The molecule has 1 aliphatic rings. The van der Waals surface area contributed by atoms with Crippen LogP contribution in [0.2, 0.25) is 4.34 Å². The van der Waals surface area contributed by atoms with Crippen LogP contribution in [0, 0.1) is 0 Å². The van der Waals surface area contributed by atoms with Gasteiger partial charge in [0.05, 0.1) is 17.4 Å². The lowest BCUT2D eigenvalue weighted by molar-refractivity contribution is -0.130. The van der Waals surface area contributed by atoms with E-state index in [1.807, 2.05) is 6.07 Å². The smallest absolute Gasteiger partial charge is 0.285 e. The van der Waals surface area contributed by atoms with Gasteiger partial charge in [-0.3, -0.25) is 4.79 Å². The third-order valence-corrected chi connectivity index (χ3v) is 6.34. The Kier molecular flexibility index (Phi) is 4.86. The number of benzene rings is 1. The van der Waals surface area contributed by atoms with Gasteiger partial charge >= 0.3 is 0 Å². The number of sulfonamides is 1. The molecule has 25 heavy (non-hydrogen) atoms. The van der Waals surface area contributed by atoms with Crippen molar-refractivity contribution in [3.05, 3.63) is 51.2 Å². The number of halogens is 1. The Morgan fingerprint density at radius 3 is 2.60 bits per heavy atom. The zero-order valence-corrected chi connectivity index (χ0v) is 16.0. The summed E-state index contributed by atoms with van der Waals surface area (Å²) >= 11 is 7.33. The van der Waals surface area contributed by atoms with Gasteiger partial charge in [-0.05, 0) is 24.3 Å². The summed E-state index contributed by atoms with van der Waals surface area (Å²) in [4.78, 5) is 16.7. The van der Waals surface area contributed by atoms with Crippen molar-refractivity contribution in [1.29, 1.82) is 0 Å². The van der Waals surface area contributed by atoms with E-state index in [4.69, 9.17) is 11.6 Å². The van der Waals surface area contributed by atoms with Crippen LogP contribution in [0.3, 0.4) is 0 Å². The van der Waals surface area contributed by atoms with Crippen molar-refractivity contribution in [2.24, 2.45) is 4.40 Å². The standard InChI is InChI=1S/C16H16ClN3O3S2/c1-19(9-11-7-8-14(17)24-11)15(21)10-20(2)16-12-5-3-4-6-13(12)25(22,23)18-16/h3-8H,9-10H2,1-2H3. The highest BCUT2D eigenvalue weighted by atomic mass is 35.5. The van der Waals surface area contributed by atoms with E-state index in [1.165, 1.54) is 17.4 Å². The van der Waals surface area contributed by atoms with Crippen molar-refractivity contribution in [3.63, 3.8) is 0 Å². The first-order valence-corrected chi connectivity index (χ1v) is 10.0. The van der Waals surface area contributed by atoms with E-state index in [-0.39, 0.29) is 23.2 Å². The summed E-state index contributed by atoms with van der Waals surface area (Å²) in [7, 11) is -0.337. The first-order chi connectivity index (χ1) is 11.8. The lowest BCUT2D eigenvalue weighted by Gasteiger charge is -2.22. The van der Waals surface area contributed by atoms with Crippen molar-refractivity contribution in [2.45, 2.75) is 11.4 Å². The highest BCUT2D eigenvalue weighted by molar-refractivity contribution is 7.90. The van der Waals surface area contributed by atoms with Gasteiger partial charge in [-0.2, -0.15) is 8.42 Å². The van der Waals surface area contributed by atoms with E-state index in [0.717, 1.165) is 4.88 Å². The Labute approximate surface area is 155 Å². The summed E-state index contributed by atoms with van der Waals surface area (Å²) in [6.07, 6.45) is 0. The van der Waals surface area contributed by atoms with Gasteiger partial charge in [0, 0.05) is 24.5 Å². The molecule has 1 aromatic carbocycles. The number of fused-ring (bicyclic) bond motifs is 1. The van der Waals surface area contributed by atoms with Gasteiger partial charge in [0.15, 0.2) is 5.84 Å². The van der Waals surface area contributed by atoms with Crippen molar-refractivity contribution in [3.8, 4) is 0 Å². The minimum Gasteiger partial charge on any atom is -0.349 e. The average molecular weight is 398 g/mol. The van der Waals surface area contributed by atoms with E-state index in [2.05, 4.69) is 4.40 Å². The summed E-state index contributed by atoms with van der Waals surface area (Å²) < 4.78 is 28.7. The minimum atomic E-state index is -3.69. The van der Waals surface area contributed by atoms with Crippen LogP contribution in [0.1, 0.15) is 10.4 Å². The highest BCUT2D eigenvalue weighted by Crippen LogP contribution is 2.27. The maximum absolute atomic E-state index is 12.4. The molecule has 1 aliphatic heterocycles. The first kappa shape index (κ1) is 17.9. The molecule has 0 aliphatic carbocycles. The van der Waals surface area contributed by atoms with Crippen LogP contribution in [0.4, 0.5) is 0 Å². The molecule has 132 valence electrons. The number of likely N-dealkylation sites (N-methyl/N-ethyl adjacent to an activating group) is 2. The second kappa shape index (κ2) is 6.78. The molecular weight excluding hydrogens is 382 g/mol. The Bertz CT molecular complexity index is 953. The van der Waals surface area contributed by atoms with E-state index < -0.39 is 10.0 Å². The number of rotatable bonds is 4. The van der Waals surface area contributed by atoms with Gasteiger partial charge in [0.2, 0.25) is 5.91 Å². The fraction of sp³-hybridized carbons (Fsp3) is 0.250. The van der Waals surface area contributed by atoms with Gasteiger partial charge in [-0.15, -0.1) is 15.7 Å². The van der Waals surface area contributed by atoms with Crippen molar-refractivity contribution in [1.82, 2.24) is 9.80 Å². The number of nitrogens with zero attached hydrogens (tertiary/aromatic N) is 3. The van der Waals surface area contributed by atoms with Gasteiger partial charge in [-0.1, -0.05) is 23.7 Å². The van der Waals surface area contributed by atoms with Crippen LogP contribution >= 0.6 is 22.9 Å². The van der Waals surface area contributed by atoms with Crippen LogP contribution in [0.15, 0.2) is 45.7 Å². The van der Waals surface area contributed by atoms with Crippen molar-refractivity contribution < 1.29 is 13.2 Å². The summed E-state index contributed by atoms with van der Waals surface area (Å²) in [6, 6.07) is 10.3. The lowest BCUT2D eigenvalue weighted by Crippen LogP contribution is -2.39. The quantitative estimate of drug-likeness (QED) is 0.794. The van der Waals surface area contributed by atoms with Gasteiger partial charge in [0.1, 0.15) is 4.90 Å². The predicted octanol–water partition coefficient (Wildman–Crippen LogP) is 2.44. The van der Waals surface area contributed by atoms with Crippen LogP contribution < -0.4 is 0 Å². The lowest BCUT2D eigenvalue weighted by atomic mass is 10.2. The molecule has 3 rings (SSSR count). The number of carbonyl (C=O) groups is 1. The number of thiophene rings is 1. The third kappa shape index (κ3) is 3.70. The van der Waals surface area contributed by atoms with Crippen molar-refractivity contribution in [2.75, 3.05) is 20.6 Å². The molecule has 1 amide bonds. The molecule has 0 unspecified atom stereocenters. The fourth-order valence-corrected chi connectivity index (χ4v) is 4.91. The molecule has 0 bridgehead atoms. The normalized spacial score (nSPS) is 14.8. The number of carbonyl (C=O) groups excluding carboxylic acids is 1. The summed E-state index contributed by atoms with van der Waals surface area (Å²) in [5.74, 6) is 0.146. The molecular formula is C16H16ClN3O3S2. The van der Waals surface area contributed by atoms with Crippen LogP contribution in [0.25, 0.3) is 0 Å². The zero-order valence-electron chi connectivity index (χ0n) is 13.6. The second-order valence-corrected chi connectivity index (χ2v) is 9.07. The third-order valence-electron chi connectivity index (χ3n) is 3.79. The van der Waals surface area contributed by atoms with Crippen LogP contribution in [-0.2, 0) is 21.4 Å². The Morgan fingerprint density at radius 1 is 1.20 bits per heavy atom. The molecule has 1 aromatic heterocycles. The van der Waals surface area contributed by atoms with E-state index in [0.29, 0.717) is 16.4 Å². The van der Waals surface area contributed by atoms with E-state index in [9.17, 15) is 13.2 Å². The molecule has 0 radical (unpaired) electrons. The topological polar surface area (TPSA) is 70.1 Å². The second-order valence-electron chi connectivity index (χ2n) is 5.70. The molecule has 2 aromatic rings. The van der Waals surface area contributed by atoms with E-state index >= 15 is 0 Å². The number of amidine groups is 1. The summed E-state index contributed by atoms with van der Waals surface area (Å²) in [6.45, 7) is 0.476. The Morgan fingerprint density at radius 2 is 1.92 bits per heavy atom. The Balaban J connectivity index is 1.72. The van der Waals surface area contributed by atoms with Crippen LogP contribution in [0.5, 0.6) is 0 Å². The molecule has 0 fully saturated rings. The summed E-state index contributed by atoms with van der Waals surface area (Å²) in [5.41, 5.74) is 0.519. The number of amides is 1. The summed E-state index contributed by atoms with van der Waals surface area (Å²) in [5, 5.41) is 0. The Hall–Kier alpha value is -1.90. The molecule has 0 N–H and O–H groups in total. The van der Waals surface area contributed by atoms with Gasteiger partial charge in [-0.25, -0.2) is 0 Å². The molecule has 9 heteroatoms. The molecule has 2 heterocycles. The minimum absolute atomic E-state index is 0.0261. The first-order valence-electron chi connectivity index (χ1n) is 7.41. The predicted molar refractivity (Wildman–Crippen MR) is 98.6 cm³/mol. The maximum atomic E-state index is 12.4. The number of hydrogen-bond acceptors (Lipinski definition) is 5. The van der Waals surface area contributed by atoms with Gasteiger partial charge < -0.3 is 9.80 Å².